The van der Waals surface area contributed by atoms with Gasteiger partial charge in [0.1, 0.15) is 11.3 Å². The number of benzene rings is 4. The smallest absolute Gasteiger partial charge is 0.416 e. The fourth-order valence-electron chi connectivity index (χ4n) is 6.24. The van der Waals surface area contributed by atoms with Crippen LogP contribution >= 0.6 is 11.6 Å². The van der Waals surface area contributed by atoms with Crippen LogP contribution < -0.4 is 27.0 Å². The second-order valence-electron chi connectivity index (χ2n) is 15.0. The van der Waals surface area contributed by atoms with Crippen molar-refractivity contribution < 1.29 is 50.8 Å². The number of nitrogens with one attached hydrogen (secondary N) is 4. The predicted molar refractivity (Wildman–Crippen MR) is 259 cm³/mol. The van der Waals surface area contributed by atoms with Gasteiger partial charge in [0, 0.05) is 69.7 Å². The highest BCUT2D eigenvalue weighted by atomic mass is 35.5. The average molecular weight is 999 g/mol. The number of carboxylic acid groups (broad SMARTS) is 1. The molecule has 0 atom stereocenters. The summed E-state index contributed by atoms with van der Waals surface area (Å²) in [5, 5.41) is 23.4. The van der Waals surface area contributed by atoms with Crippen molar-refractivity contribution in [2.24, 2.45) is 5.73 Å². The van der Waals surface area contributed by atoms with E-state index in [9.17, 15) is 32.3 Å². The number of oxazole rings is 2. The summed E-state index contributed by atoms with van der Waals surface area (Å²) in [5.74, 6) is -1.13. The van der Waals surface area contributed by atoms with E-state index in [4.69, 9.17) is 31.3 Å². The molecule has 4 aromatic carbocycles. The van der Waals surface area contributed by atoms with Crippen LogP contribution in [0.1, 0.15) is 58.3 Å². The van der Waals surface area contributed by atoms with E-state index in [0.29, 0.717) is 56.5 Å². The summed E-state index contributed by atoms with van der Waals surface area (Å²) in [4.78, 5) is 62.8. The van der Waals surface area contributed by atoms with Crippen LogP contribution in [-0.4, -0.2) is 53.9 Å². The Kier molecular flexibility index (Phi) is 15.8. The molecule has 0 aliphatic heterocycles. The molecule has 0 radical (unpaired) electrons. The first-order valence-corrected chi connectivity index (χ1v) is 21.4. The average Bonchev–Trinajstić information content (AvgIpc) is 4.16. The van der Waals surface area contributed by atoms with Gasteiger partial charge in [-0.25, -0.2) is 14.8 Å². The highest BCUT2D eigenvalue weighted by Crippen LogP contribution is 2.33. The van der Waals surface area contributed by atoms with Crippen molar-refractivity contribution in [1.29, 1.82) is 0 Å². The minimum absolute atomic E-state index is 0.120. The lowest BCUT2D eigenvalue weighted by Crippen LogP contribution is -2.14. The Hall–Kier alpha value is -9.63. The number of carbonyl (C=O) groups excluding carboxylic acids is 3. The number of carboxylic acids is 1. The summed E-state index contributed by atoms with van der Waals surface area (Å²) in [6, 6.07) is 28.1. The molecule has 5 heterocycles. The van der Waals surface area contributed by atoms with Gasteiger partial charge in [-0.2, -0.15) is 13.2 Å². The molecule has 0 unspecified atom stereocenters. The van der Waals surface area contributed by atoms with E-state index in [0.717, 1.165) is 34.5 Å². The molecule has 0 bridgehead atoms. The number of hydrogen-bond donors (Lipinski definition) is 6. The summed E-state index contributed by atoms with van der Waals surface area (Å²) in [6.07, 6.45) is 6.42. The number of pyridine rings is 2. The molecule has 3 amide bonds. The van der Waals surface area contributed by atoms with E-state index in [-0.39, 0.29) is 23.0 Å². The molecular formula is C50H38ClF3N10O8. The largest absolute Gasteiger partial charge is 0.478 e. The second kappa shape index (κ2) is 22.7. The Bertz CT molecular complexity index is 3350. The van der Waals surface area contributed by atoms with E-state index >= 15 is 0 Å². The summed E-state index contributed by atoms with van der Waals surface area (Å²) >= 11 is 6.21. The third-order valence-electron chi connectivity index (χ3n) is 9.97. The molecule has 5 aromatic heterocycles. The van der Waals surface area contributed by atoms with E-state index in [1.54, 1.807) is 68.2 Å². The van der Waals surface area contributed by atoms with Crippen LogP contribution in [0.25, 0.3) is 22.6 Å². The molecule has 0 saturated carbocycles. The number of aromatic carboxylic acids is 1. The minimum atomic E-state index is -4.54. The van der Waals surface area contributed by atoms with Gasteiger partial charge in [0.25, 0.3) is 23.8 Å². The number of anilines is 6. The van der Waals surface area contributed by atoms with Gasteiger partial charge in [-0.15, -0.1) is 0 Å². The number of carbonyl (C=O) groups is 4. The van der Waals surface area contributed by atoms with Crippen molar-refractivity contribution in [3.8, 4) is 22.6 Å². The molecular weight excluding hydrogens is 961 g/mol. The molecule has 22 heteroatoms. The lowest BCUT2D eigenvalue weighted by atomic mass is 10.1. The molecule has 364 valence electrons. The molecule has 9 aromatic rings. The van der Waals surface area contributed by atoms with Gasteiger partial charge in [0.05, 0.1) is 34.9 Å². The fraction of sp³-hybridized carbons (Fsp3) is 0.0600. The summed E-state index contributed by atoms with van der Waals surface area (Å²) in [5.41, 5.74) is 9.61. The number of halogens is 4. The van der Waals surface area contributed by atoms with Crippen LogP contribution in [0.15, 0.2) is 166 Å². The van der Waals surface area contributed by atoms with Crippen molar-refractivity contribution in [2.45, 2.75) is 20.0 Å². The number of alkyl halides is 3. The highest BCUT2D eigenvalue weighted by molar-refractivity contribution is 6.33. The molecule has 9 rings (SSSR count). The normalized spacial score (nSPS) is 10.7. The van der Waals surface area contributed by atoms with Gasteiger partial charge in [-0.1, -0.05) is 28.9 Å². The van der Waals surface area contributed by atoms with Crippen LogP contribution in [-0.2, 0) is 6.18 Å². The lowest BCUT2D eigenvalue weighted by Gasteiger charge is -2.11. The Balaban J connectivity index is 0.000000180. The van der Waals surface area contributed by atoms with Crippen LogP contribution in [0.2, 0.25) is 5.02 Å². The third-order valence-corrected chi connectivity index (χ3v) is 10.3. The quantitative estimate of drug-likeness (QED) is 0.0664. The number of primary amides is 1. The maximum Gasteiger partial charge on any atom is 0.416 e. The van der Waals surface area contributed by atoms with Gasteiger partial charge in [-0.05, 0) is 116 Å². The number of nitrogens with two attached hydrogens (primary N) is 1. The molecule has 0 aliphatic rings. The van der Waals surface area contributed by atoms with Crippen molar-refractivity contribution in [3.05, 3.63) is 197 Å². The number of rotatable bonds is 12. The molecule has 0 aliphatic carbocycles. The first-order valence-electron chi connectivity index (χ1n) is 21.0. The van der Waals surface area contributed by atoms with Crippen molar-refractivity contribution in [3.63, 3.8) is 0 Å². The van der Waals surface area contributed by atoms with Gasteiger partial charge >= 0.3 is 12.1 Å². The topological polar surface area (TPSA) is 267 Å². The first kappa shape index (κ1) is 50.3. The van der Waals surface area contributed by atoms with Crippen molar-refractivity contribution >= 4 is 70.1 Å². The molecule has 72 heavy (non-hydrogen) atoms. The number of amides is 3. The zero-order valence-electron chi connectivity index (χ0n) is 37.6. The predicted octanol–water partition coefficient (Wildman–Crippen LogP) is 11.2. The molecule has 7 N–H and O–H groups in total. The monoisotopic (exact) mass is 998 g/mol. The summed E-state index contributed by atoms with van der Waals surface area (Å²) < 4.78 is 54.6. The number of aryl methyl sites for hydroxylation is 2. The molecule has 0 saturated heterocycles. The van der Waals surface area contributed by atoms with Crippen molar-refractivity contribution in [2.75, 3.05) is 21.3 Å². The number of nitrogens with zero attached hydrogens (tertiary/aromatic N) is 5. The second-order valence-corrected chi connectivity index (χ2v) is 15.5. The zero-order valence-corrected chi connectivity index (χ0v) is 38.3. The minimum Gasteiger partial charge on any atom is -0.478 e. The lowest BCUT2D eigenvalue weighted by molar-refractivity contribution is -0.137. The Labute approximate surface area is 411 Å². The Morgan fingerprint density at radius 1 is 0.639 bits per heavy atom. The number of hydrogen-bond acceptors (Lipinski definition) is 14. The van der Waals surface area contributed by atoms with Gasteiger partial charge in [0.15, 0.2) is 11.5 Å². The first-order chi connectivity index (χ1) is 34.5. The SMILES string of the molecule is Cc1ccc(NC(=O)c2ccc(C(N)=O)cc2)cc1Nc1ncc(-c2cccnc2)o1.Cc1oncc1C(=O)O.O=C(Nc1ccc(Cl)c(Nc2ncc(-c3cccnc3)o2)c1)c1cccc(C(F)(F)F)c1. The van der Waals surface area contributed by atoms with E-state index < -0.39 is 29.5 Å². The highest BCUT2D eigenvalue weighted by Gasteiger charge is 2.31. The maximum atomic E-state index is 12.9. The third kappa shape index (κ3) is 13.3. The zero-order chi connectivity index (χ0) is 51.4. The molecule has 0 fully saturated rings. The standard InChI is InChI=1S/C23H19N5O3.C22H14ClF3N4O2.C5H5NO3/c1-14-4-9-18(27-22(30)16-7-5-15(6-8-16)21(24)29)11-19(14)28-23-26-13-20(31-23)17-3-2-10-25-12-17;23-17-7-6-16(29-20(31)13-3-1-5-15(9-13)22(24,25)26)10-18(17)30-21-28-12-19(32-21)14-4-2-8-27-11-14;1-3-4(5(7)8)2-6-9-3/h2-13H,1H3,(H2,24,29)(H,26,28)(H,27,30);1-12H,(H,28,30)(H,29,31);2H,1H3,(H,7,8). The maximum absolute atomic E-state index is 12.9. The van der Waals surface area contributed by atoms with E-state index in [2.05, 4.69) is 50.9 Å². The number of aromatic nitrogens is 5. The van der Waals surface area contributed by atoms with Crippen molar-refractivity contribution in [1.82, 2.24) is 25.1 Å². The van der Waals surface area contributed by atoms with Crippen LogP contribution in [0.4, 0.5) is 48.0 Å². The van der Waals surface area contributed by atoms with Gasteiger partial charge < -0.3 is 45.5 Å². The van der Waals surface area contributed by atoms with Crippen LogP contribution in [0, 0.1) is 13.8 Å². The summed E-state index contributed by atoms with van der Waals surface area (Å²) in [6.45, 7) is 3.48. The fourth-order valence-corrected chi connectivity index (χ4v) is 6.41. The Morgan fingerprint density at radius 3 is 1.71 bits per heavy atom. The summed E-state index contributed by atoms with van der Waals surface area (Å²) in [7, 11) is 0. The van der Waals surface area contributed by atoms with Crippen LogP contribution in [0.3, 0.4) is 0 Å². The Morgan fingerprint density at radius 2 is 1.19 bits per heavy atom. The van der Waals surface area contributed by atoms with Gasteiger partial charge in [-0.3, -0.25) is 24.4 Å². The van der Waals surface area contributed by atoms with E-state index in [1.807, 2.05) is 31.2 Å². The molecule has 0 spiro atoms. The molecule has 18 nitrogen and oxygen atoms in total. The van der Waals surface area contributed by atoms with Gasteiger partial charge in [0.2, 0.25) is 5.91 Å². The van der Waals surface area contributed by atoms with E-state index in [1.165, 1.54) is 54.9 Å². The van der Waals surface area contributed by atoms with Crippen LogP contribution in [0.5, 0.6) is 0 Å².